The number of nitrogens with zero attached hydrogens (tertiary/aromatic N) is 1. The second-order valence-electron chi connectivity index (χ2n) is 6.63. The molecule has 134 valence electrons. The van der Waals surface area contributed by atoms with Crippen LogP contribution in [0.3, 0.4) is 0 Å². The Balaban J connectivity index is 1.46. The molecular weight excluding hydrogens is 408 g/mol. The molecule has 0 aromatic heterocycles. The van der Waals surface area contributed by atoms with E-state index in [9.17, 15) is 8.42 Å². The van der Waals surface area contributed by atoms with E-state index < -0.39 is 10.0 Å². The molecule has 2 heterocycles. The molecule has 0 aliphatic carbocycles. The van der Waals surface area contributed by atoms with Crippen molar-refractivity contribution in [2.75, 3.05) is 31.1 Å². The van der Waals surface area contributed by atoms with Gasteiger partial charge in [-0.25, -0.2) is 13.1 Å². The van der Waals surface area contributed by atoms with Crippen LogP contribution in [0.5, 0.6) is 0 Å². The highest BCUT2D eigenvalue weighted by atomic mass is 79.9. The molecular formula is C17H25BrN2O2S2. The van der Waals surface area contributed by atoms with Crippen molar-refractivity contribution in [3.8, 4) is 0 Å². The van der Waals surface area contributed by atoms with E-state index in [1.54, 1.807) is 24.3 Å². The zero-order valence-corrected chi connectivity index (χ0v) is 17.0. The smallest absolute Gasteiger partial charge is 0.240 e. The molecule has 1 N–H and O–H groups in total. The van der Waals surface area contributed by atoms with Crippen LogP contribution in [0.1, 0.15) is 25.7 Å². The maximum Gasteiger partial charge on any atom is 0.240 e. The molecule has 1 aromatic carbocycles. The minimum absolute atomic E-state index is 0.336. The molecule has 0 bridgehead atoms. The monoisotopic (exact) mass is 432 g/mol. The van der Waals surface area contributed by atoms with Crippen molar-refractivity contribution in [2.45, 2.75) is 36.6 Å². The Kier molecular flexibility index (Phi) is 6.65. The summed E-state index contributed by atoms with van der Waals surface area (Å²) in [5.74, 6) is 3.03. The van der Waals surface area contributed by atoms with E-state index in [4.69, 9.17) is 0 Å². The Labute approximate surface area is 157 Å². The standard InChI is InChI=1S/C17H25BrN2O2S2/c18-15-1-3-17(4-2-15)24(21,22)19-13-14-5-9-20(10-6-14)16-7-11-23-12-8-16/h1-4,14,16,19H,5-13H2. The molecule has 0 atom stereocenters. The van der Waals surface area contributed by atoms with Gasteiger partial charge in [0, 0.05) is 17.1 Å². The number of hydrogen-bond acceptors (Lipinski definition) is 4. The third-order valence-corrected chi connectivity index (χ3v) is 8.06. The first-order valence-electron chi connectivity index (χ1n) is 8.61. The molecule has 1 aromatic rings. The van der Waals surface area contributed by atoms with E-state index in [0.29, 0.717) is 17.4 Å². The highest BCUT2D eigenvalue weighted by Gasteiger charge is 2.27. The Bertz CT molecular complexity index is 622. The molecule has 2 fully saturated rings. The van der Waals surface area contributed by atoms with Gasteiger partial charge < -0.3 is 4.90 Å². The summed E-state index contributed by atoms with van der Waals surface area (Å²) in [7, 11) is -3.40. The Morgan fingerprint density at radius 3 is 2.33 bits per heavy atom. The first-order valence-corrected chi connectivity index (χ1v) is 12.0. The molecule has 0 spiro atoms. The quantitative estimate of drug-likeness (QED) is 0.774. The number of hydrogen-bond donors (Lipinski definition) is 1. The van der Waals surface area contributed by atoms with Gasteiger partial charge in [-0.05, 0) is 80.5 Å². The summed E-state index contributed by atoms with van der Waals surface area (Å²) >= 11 is 5.40. The van der Waals surface area contributed by atoms with Crippen molar-refractivity contribution in [3.05, 3.63) is 28.7 Å². The van der Waals surface area contributed by atoms with Gasteiger partial charge in [0.2, 0.25) is 10.0 Å². The van der Waals surface area contributed by atoms with Gasteiger partial charge in [0.1, 0.15) is 0 Å². The van der Waals surface area contributed by atoms with Crippen LogP contribution in [-0.2, 0) is 10.0 Å². The molecule has 2 aliphatic heterocycles. The van der Waals surface area contributed by atoms with Gasteiger partial charge in [-0.2, -0.15) is 11.8 Å². The third kappa shape index (κ3) is 4.97. The molecule has 0 unspecified atom stereocenters. The predicted molar refractivity (Wildman–Crippen MR) is 104 cm³/mol. The van der Waals surface area contributed by atoms with Crippen molar-refractivity contribution >= 4 is 37.7 Å². The summed E-state index contributed by atoms with van der Waals surface area (Å²) < 4.78 is 28.4. The van der Waals surface area contributed by atoms with E-state index in [-0.39, 0.29) is 0 Å². The van der Waals surface area contributed by atoms with Crippen molar-refractivity contribution in [3.63, 3.8) is 0 Å². The summed E-state index contributed by atoms with van der Waals surface area (Å²) in [4.78, 5) is 2.96. The molecule has 4 nitrogen and oxygen atoms in total. The Morgan fingerprint density at radius 2 is 1.71 bits per heavy atom. The number of halogens is 1. The van der Waals surface area contributed by atoms with Crippen molar-refractivity contribution in [1.29, 1.82) is 0 Å². The molecule has 0 amide bonds. The number of nitrogens with one attached hydrogen (secondary N) is 1. The van der Waals surface area contributed by atoms with Crippen LogP contribution in [-0.4, -0.2) is 50.5 Å². The Morgan fingerprint density at radius 1 is 1.08 bits per heavy atom. The first-order chi connectivity index (χ1) is 11.5. The third-order valence-electron chi connectivity index (χ3n) is 5.04. The number of rotatable bonds is 5. The Hall–Kier alpha value is -0.0800. The van der Waals surface area contributed by atoms with Crippen molar-refractivity contribution in [1.82, 2.24) is 9.62 Å². The molecule has 3 rings (SSSR count). The van der Waals surface area contributed by atoms with E-state index in [1.165, 1.54) is 24.3 Å². The van der Waals surface area contributed by atoms with Gasteiger partial charge in [-0.3, -0.25) is 0 Å². The molecule has 2 aliphatic rings. The topological polar surface area (TPSA) is 49.4 Å². The second-order valence-corrected chi connectivity index (χ2v) is 10.5. The fourth-order valence-electron chi connectivity index (χ4n) is 3.50. The van der Waals surface area contributed by atoms with Gasteiger partial charge in [0.05, 0.1) is 4.90 Å². The van der Waals surface area contributed by atoms with Gasteiger partial charge in [-0.15, -0.1) is 0 Å². The van der Waals surface area contributed by atoms with Gasteiger partial charge >= 0.3 is 0 Å². The largest absolute Gasteiger partial charge is 0.300 e. The van der Waals surface area contributed by atoms with Crippen LogP contribution >= 0.6 is 27.7 Å². The van der Waals surface area contributed by atoms with Gasteiger partial charge in [-0.1, -0.05) is 15.9 Å². The fraction of sp³-hybridized carbons (Fsp3) is 0.647. The second kappa shape index (κ2) is 8.54. The summed E-state index contributed by atoms with van der Waals surface area (Å²) in [5, 5.41) is 0. The number of likely N-dealkylation sites (tertiary alicyclic amines) is 1. The highest BCUT2D eigenvalue weighted by molar-refractivity contribution is 9.10. The predicted octanol–water partition coefficient (Wildman–Crippen LogP) is 3.34. The van der Waals surface area contributed by atoms with Crippen LogP contribution in [0.4, 0.5) is 0 Å². The van der Waals surface area contributed by atoms with Crippen LogP contribution in [0.25, 0.3) is 0 Å². The summed E-state index contributed by atoms with van der Waals surface area (Å²) in [6, 6.07) is 7.55. The molecule has 7 heteroatoms. The maximum atomic E-state index is 12.4. The summed E-state index contributed by atoms with van der Waals surface area (Å²) in [6.07, 6.45) is 4.80. The van der Waals surface area contributed by atoms with Crippen LogP contribution in [0.15, 0.2) is 33.6 Å². The number of sulfonamides is 1. The lowest BCUT2D eigenvalue weighted by Gasteiger charge is -2.39. The zero-order chi connectivity index (χ0) is 17.0. The van der Waals surface area contributed by atoms with Crippen LogP contribution in [0, 0.1) is 5.92 Å². The van der Waals surface area contributed by atoms with Gasteiger partial charge in [0.25, 0.3) is 0 Å². The summed E-state index contributed by atoms with van der Waals surface area (Å²) in [6.45, 7) is 2.77. The first kappa shape index (κ1) is 18.7. The van der Waals surface area contributed by atoms with E-state index in [1.807, 2.05) is 0 Å². The lowest BCUT2D eigenvalue weighted by Crippen LogP contribution is -2.44. The number of thioether (sulfide) groups is 1. The van der Waals surface area contributed by atoms with E-state index in [2.05, 4.69) is 37.3 Å². The van der Waals surface area contributed by atoms with Crippen LogP contribution in [0.2, 0.25) is 0 Å². The normalized spacial score (nSPS) is 21.9. The lowest BCUT2D eigenvalue weighted by atomic mass is 9.95. The SMILES string of the molecule is O=S(=O)(NCC1CCN(C2CCSCC2)CC1)c1ccc(Br)cc1. The average Bonchev–Trinajstić information content (AvgIpc) is 2.62. The lowest BCUT2D eigenvalue weighted by molar-refractivity contribution is 0.127. The van der Waals surface area contributed by atoms with E-state index in [0.717, 1.165) is 36.4 Å². The molecule has 24 heavy (non-hydrogen) atoms. The zero-order valence-electron chi connectivity index (χ0n) is 13.8. The minimum atomic E-state index is -3.40. The van der Waals surface area contributed by atoms with Gasteiger partial charge in [0.15, 0.2) is 0 Å². The average molecular weight is 433 g/mol. The molecule has 0 radical (unpaired) electrons. The fourth-order valence-corrected chi connectivity index (χ4v) is 5.96. The molecule has 2 saturated heterocycles. The van der Waals surface area contributed by atoms with Crippen molar-refractivity contribution in [2.24, 2.45) is 5.92 Å². The highest BCUT2D eigenvalue weighted by Crippen LogP contribution is 2.26. The van der Waals surface area contributed by atoms with E-state index >= 15 is 0 Å². The minimum Gasteiger partial charge on any atom is -0.300 e. The number of benzene rings is 1. The summed E-state index contributed by atoms with van der Waals surface area (Å²) in [5.41, 5.74) is 0. The maximum absolute atomic E-state index is 12.4. The van der Waals surface area contributed by atoms with Crippen molar-refractivity contribution < 1.29 is 8.42 Å². The number of piperidine rings is 1. The molecule has 0 saturated carbocycles. The van der Waals surface area contributed by atoms with Crippen LogP contribution < -0.4 is 4.72 Å².